The SMILES string of the molecule is CC(C)CCCCCCCCC(C)OC=O. The van der Waals surface area contributed by atoms with Crippen LogP contribution in [0.3, 0.4) is 0 Å². The van der Waals surface area contributed by atoms with Crippen LogP contribution in [-0.2, 0) is 9.53 Å². The van der Waals surface area contributed by atoms with Gasteiger partial charge in [-0.3, -0.25) is 4.79 Å². The molecular formula is C14H28O2. The maximum absolute atomic E-state index is 10.1. The minimum Gasteiger partial charge on any atom is -0.465 e. The highest BCUT2D eigenvalue weighted by atomic mass is 16.5. The molecule has 0 saturated carbocycles. The molecule has 0 fully saturated rings. The van der Waals surface area contributed by atoms with E-state index in [-0.39, 0.29) is 6.10 Å². The maximum atomic E-state index is 10.1. The van der Waals surface area contributed by atoms with Crippen LogP contribution in [-0.4, -0.2) is 12.6 Å². The van der Waals surface area contributed by atoms with Gasteiger partial charge < -0.3 is 4.74 Å². The smallest absolute Gasteiger partial charge is 0.293 e. The zero-order chi connectivity index (χ0) is 12.2. The fourth-order valence-electron chi connectivity index (χ4n) is 1.85. The lowest BCUT2D eigenvalue weighted by molar-refractivity contribution is -0.133. The van der Waals surface area contributed by atoms with Crippen molar-refractivity contribution in [3.8, 4) is 0 Å². The van der Waals surface area contributed by atoms with Crippen LogP contribution >= 0.6 is 0 Å². The van der Waals surface area contributed by atoms with Crippen molar-refractivity contribution >= 4 is 6.47 Å². The predicted molar refractivity (Wildman–Crippen MR) is 68.4 cm³/mol. The van der Waals surface area contributed by atoms with Gasteiger partial charge in [-0.1, -0.05) is 52.4 Å². The summed E-state index contributed by atoms with van der Waals surface area (Å²) < 4.78 is 4.83. The maximum Gasteiger partial charge on any atom is 0.293 e. The molecule has 0 bridgehead atoms. The van der Waals surface area contributed by atoms with Crippen LogP contribution in [0, 0.1) is 5.92 Å². The second-order valence-electron chi connectivity index (χ2n) is 5.14. The molecule has 0 N–H and O–H groups in total. The number of hydrogen-bond donors (Lipinski definition) is 0. The molecule has 0 spiro atoms. The zero-order valence-electron chi connectivity index (χ0n) is 11.2. The van der Waals surface area contributed by atoms with Gasteiger partial charge in [0.05, 0.1) is 6.10 Å². The van der Waals surface area contributed by atoms with Crippen LogP contribution in [0.1, 0.15) is 72.1 Å². The van der Waals surface area contributed by atoms with Crippen molar-refractivity contribution in [2.24, 2.45) is 5.92 Å². The molecule has 0 aromatic carbocycles. The van der Waals surface area contributed by atoms with E-state index in [1.165, 1.54) is 44.9 Å². The van der Waals surface area contributed by atoms with Crippen molar-refractivity contribution in [1.82, 2.24) is 0 Å². The summed E-state index contributed by atoms with van der Waals surface area (Å²) in [5.41, 5.74) is 0. The summed E-state index contributed by atoms with van der Waals surface area (Å²) in [5.74, 6) is 0.848. The number of rotatable bonds is 11. The minimum atomic E-state index is 0.0958. The van der Waals surface area contributed by atoms with Crippen LogP contribution in [0.2, 0.25) is 0 Å². The summed E-state index contributed by atoms with van der Waals surface area (Å²) in [6.07, 6.45) is 10.4. The largest absolute Gasteiger partial charge is 0.465 e. The van der Waals surface area contributed by atoms with E-state index in [0.717, 1.165) is 12.3 Å². The number of unbranched alkanes of at least 4 members (excludes halogenated alkanes) is 5. The van der Waals surface area contributed by atoms with E-state index in [0.29, 0.717) is 6.47 Å². The van der Waals surface area contributed by atoms with Crippen LogP contribution < -0.4 is 0 Å². The molecule has 0 heterocycles. The second-order valence-corrected chi connectivity index (χ2v) is 5.14. The Bertz CT molecular complexity index is 155. The second kappa shape index (κ2) is 11.0. The Morgan fingerprint density at radius 3 is 1.88 bits per heavy atom. The third-order valence-electron chi connectivity index (χ3n) is 2.93. The van der Waals surface area contributed by atoms with Gasteiger partial charge in [-0.2, -0.15) is 0 Å². The van der Waals surface area contributed by atoms with E-state index in [2.05, 4.69) is 13.8 Å². The van der Waals surface area contributed by atoms with Crippen molar-refractivity contribution in [1.29, 1.82) is 0 Å². The Morgan fingerprint density at radius 2 is 1.38 bits per heavy atom. The zero-order valence-corrected chi connectivity index (χ0v) is 11.2. The molecule has 1 atom stereocenters. The molecule has 0 aromatic rings. The van der Waals surface area contributed by atoms with Gasteiger partial charge in [0.25, 0.3) is 6.47 Å². The molecule has 1 unspecified atom stereocenters. The lowest BCUT2D eigenvalue weighted by Gasteiger charge is -2.08. The highest BCUT2D eigenvalue weighted by Gasteiger charge is 2.00. The van der Waals surface area contributed by atoms with E-state index in [9.17, 15) is 4.79 Å². The van der Waals surface area contributed by atoms with Gasteiger partial charge in [-0.05, 0) is 25.7 Å². The van der Waals surface area contributed by atoms with Gasteiger partial charge in [0.15, 0.2) is 0 Å². The molecule has 0 saturated heterocycles. The first-order chi connectivity index (χ1) is 7.66. The quantitative estimate of drug-likeness (QED) is 0.389. The molecule has 0 aliphatic rings. The normalized spacial score (nSPS) is 12.8. The standard InChI is InChI=1S/C14H28O2/c1-13(2)10-8-6-4-5-7-9-11-14(3)16-12-15/h12-14H,4-11H2,1-3H3. The van der Waals surface area contributed by atoms with E-state index >= 15 is 0 Å². The molecule has 0 aromatic heterocycles. The fourth-order valence-corrected chi connectivity index (χ4v) is 1.85. The Kier molecular flexibility index (Phi) is 10.6. The van der Waals surface area contributed by atoms with Crippen molar-refractivity contribution in [2.75, 3.05) is 0 Å². The number of ether oxygens (including phenoxy) is 1. The molecule has 2 heteroatoms. The first-order valence-corrected chi connectivity index (χ1v) is 6.76. The third kappa shape index (κ3) is 11.5. The van der Waals surface area contributed by atoms with E-state index < -0.39 is 0 Å². The number of carbonyl (C=O) groups is 1. The van der Waals surface area contributed by atoms with Crippen molar-refractivity contribution in [3.63, 3.8) is 0 Å². The topological polar surface area (TPSA) is 26.3 Å². The summed E-state index contributed by atoms with van der Waals surface area (Å²) in [4.78, 5) is 10.1. The Labute approximate surface area is 101 Å². The average molecular weight is 228 g/mol. The van der Waals surface area contributed by atoms with E-state index in [1.54, 1.807) is 0 Å². The fraction of sp³-hybridized carbons (Fsp3) is 0.929. The van der Waals surface area contributed by atoms with Crippen LogP contribution in [0.4, 0.5) is 0 Å². The molecule has 0 rings (SSSR count). The van der Waals surface area contributed by atoms with Gasteiger partial charge >= 0.3 is 0 Å². The van der Waals surface area contributed by atoms with Crippen LogP contribution in [0.25, 0.3) is 0 Å². The summed E-state index contributed by atoms with van der Waals surface area (Å²) in [6, 6.07) is 0. The Hall–Kier alpha value is -0.530. The van der Waals surface area contributed by atoms with Crippen molar-refractivity contribution < 1.29 is 9.53 Å². The highest BCUT2D eigenvalue weighted by Crippen LogP contribution is 2.12. The lowest BCUT2D eigenvalue weighted by Crippen LogP contribution is -2.05. The molecule has 0 aliphatic heterocycles. The first kappa shape index (κ1) is 15.5. The summed E-state index contributed by atoms with van der Waals surface area (Å²) >= 11 is 0. The molecular weight excluding hydrogens is 200 g/mol. The van der Waals surface area contributed by atoms with Crippen molar-refractivity contribution in [2.45, 2.75) is 78.2 Å². The van der Waals surface area contributed by atoms with Gasteiger partial charge in [0.2, 0.25) is 0 Å². The molecule has 16 heavy (non-hydrogen) atoms. The van der Waals surface area contributed by atoms with Crippen molar-refractivity contribution in [3.05, 3.63) is 0 Å². The molecule has 0 aliphatic carbocycles. The van der Waals surface area contributed by atoms with E-state index in [1.807, 2.05) is 6.92 Å². The predicted octanol–water partition coefficient (Wildman–Crippen LogP) is 4.32. The Balaban J connectivity index is 3.06. The average Bonchev–Trinajstić information content (AvgIpc) is 2.22. The van der Waals surface area contributed by atoms with Gasteiger partial charge in [0, 0.05) is 0 Å². The molecule has 2 nitrogen and oxygen atoms in total. The summed E-state index contributed by atoms with van der Waals surface area (Å²) in [7, 11) is 0. The number of hydrogen-bond acceptors (Lipinski definition) is 2. The molecule has 0 amide bonds. The number of carbonyl (C=O) groups excluding carboxylic acids is 1. The third-order valence-corrected chi connectivity index (χ3v) is 2.93. The lowest BCUT2D eigenvalue weighted by atomic mass is 10.0. The van der Waals surface area contributed by atoms with Gasteiger partial charge in [-0.25, -0.2) is 0 Å². The Morgan fingerprint density at radius 1 is 0.875 bits per heavy atom. The summed E-state index contributed by atoms with van der Waals surface area (Å²) in [6.45, 7) is 7.08. The van der Waals surface area contributed by atoms with E-state index in [4.69, 9.17) is 4.74 Å². The van der Waals surface area contributed by atoms with Gasteiger partial charge in [-0.15, -0.1) is 0 Å². The first-order valence-electron chi connectivity index (χ1n) is 6.76. The van der Waals surface area contributed by atoms with Crippen LogP contribution in [0.15, 0.2) is 0 Å². The van der Waals surface area contributed by atoms with Gasteiger partial charge in [0.1, 0.15) is 0 Å². The van der Waals surface area contributed by atoms with Crippen LogP contribution in [0.5, 0.6) is 0 Å². The summed E-state index contributed by atoms with van der Waals surface area (Å²) in [5, 5.41) is 0. The molecule has 0 radical (unpaired) electrons. The monoisotopic (exact) mass is 228 g/mol. The molecule has 96 valence electrons. The minimum absolute atomic E-state index is 0.0958. The highest BCUT2D eigenvalue weighted by molar-refractivity contribution is 5.37.